The van der Waals surface area contributed by atoms with Crippen LogP contribution in [0.15, 0.2) is 30.3 Å². The molecule has 3 rings (SSSR count). The van der Waals surface area contributed by atoms with Crippen molar-refractivity contribution in [3.8, 4) is 11.4 Å². The van der Waals surface area contributed by atoms with Crippen LogP contribution >= 0.6 is 0 Å². The predicted molar refractivity (Wildman–Crippen MR) is 86.4 cm³/mol. The number of rotatable bonds is 2. The molecule has 0 atom stereocenters. The highest BCUT2D eigenvalue weighted by atomic mass is 15.2. The van der Waals surface area contributed by atoms with Gasteiger partial charge in [0, 0.05) is 36.0 Å². The summed E-state index contributed by atoms with van der Waals surface area (Å²) in [6.07, 6.45) is 2.06. The zero-order chi connectivity index (χ0) is 14.8. The van der Waals surface area contributed by atoms with Gasteiger partial charge < -0.3 is 10.6 Å². The summed E-state index contributed by atoms with van der Waals surface area (Å²) >= 11 is 0. The van der Waals surface area contributed by atoms with Crippen LogP contribution in [0.3, 0.4) is 0 Å². The molecule has 0 amide bonds. The standard InChI is InChI=1S/C17H22N4/c1-12-13(2)19-16(14-6-4-3-5-7-14)20-17(12)21-10-8-15(18)9-11-21/h3-7,15H,8-11,18H2,1-2H3. The van der Waals surface area contributed by atoms with Gasteiger partial charge in [-0.25, -0.2) is 9.97 Å². The first-order valence-corrected chi connectivity index (χ1v) is 7.56. The minimum Gasteiger partial charge on any atom is -0.356 e. The molecular weight excluding hydrogens is 260 g/mol. The van der Waals surface area contributed by atoms with Crippen molar-refractivity contribution in [3.63, 3.8) is 0 Å². The Hall–Kier alpha value is -1.94. The third-order valence-electron chi connectivity index (χ3n) is 4.23. The second kappa shape index (κ2) is 5.82. The highest BCUT2D eigenvalue weighted by Crippen LogP contribution is 2.26. The van der Waals surface area contributed by atoms with Crippen LogP contribution in [-0.4, -0.2) is 29.1 Å². The Morgan fingerprint density at radius 3 is 2.38 bits per heavy atom. The second-order valence-corrected chi connectivity index (χ2v) is 5.77. The number of piperidine rings is 1. The van der Waals surface area contributed by atoms with Crippen LogP contribution in [0, 0.1) is 13.8 Å². The van der Waals surface area contributed by atoms with E-state index in [0.29, 0.717) is 6.04 Å². The summed E-state index contributed by atoms with van der Waals surface area (Å²) in [5.41, 5.74) is 9.29. The van der Waals surface area contributed by atoms with E-state index in [1.165, 1.54) is 5.56 Å². The van der Waals surface area contributed by atoms with Crippen molar-refractivity contribution < 1.29 is 0 Å². The van der Waals surface area contributed by atoms with E-state index >= 15 is 0 Å². The molecule has 1 aromatic carbocycles. The molecule has 1 aliphatic heterocycles. The van der Waals surface area contributed by atoms with Gasteiger partial charge in [0.1, 0.15) is 5.82 Å². The average molecular weight is 282 g/mol. The van der Waals surface area contributed by atoms with E-state index in [0.717, 1.165) is 48.8 Å². The lowest BCUT2D eigenvalue weighted by molar-refractivity contribution is 0.498. The van der Waals surface area contributed by atoms with E-state index in [4.69, 9.17) is 10.7 Å². The molecule has 0 bridgehead atoms. The number of aromatic nitrogens is 2. The summed E-state index contributed by atoms with van der Waals surface area (Å²) < 4.78 is 0. The topological polar surface area (TPSA) is 55.0 Å². The quantitative estimate of drug-likeness (QED) is 0.920. The van der Waals surface area contributed by atoms with Crippen LogP contribution in [0.5, 0.6) is 0 Å². The zero-order valence-corrected chi connectivity index (χ0v) is 12.7. The van der Waals surface area contributed by atoms with Gasteiger partial charge in [0.25, 0.3) is 0 Å². The summed E-state index contributed by atoms with van der Waals surface area (Å²) in [4.78, 5) is 11.8. The van der Waals surface area contributed by atoms with Crippen molar-refractivity contribution in [2.75, 3.05) is 18.0 Å². The lowest BCUT2D eigenvalue weighted by Gasteiger charge is -2.32. The molecular formula is C17H22N4. The first-order chi connectivity index (χ1) is 10.1. The highest BCUT2D eigenvalue weighted by molar-refractivity contribution is 5.60. The van der Waals surface area contributed by atoms with Gasteiger partial charge in [-0.05, 0) is 26.7 Å². The predicted octanol–water partition coefficient (Wildman–Crippen LogP) is 2.69. The summed E-state index contributed by atoms with van der Waals surface area (Å²) in [6.45, 7) is 6.12. The number of nitrogens with two attached hydrogens (primary N) is 1. The zero-order valence-electron chi connectivity index (χ0n) is 12.7. The molecule has 1 aliphatic rings. The molecule has 2 heterocycles. The Labute approximate surface area is 126 Å². The molecule has 0 radical (unpaired) electrons. The molecule has 1 fully saturated rings. The highest BCUT2D eigenvalue weighted by Gasteiger charge is 2.20. The molecule has 21 heavy (non-hydrogen) atoms. The average Bonchev–Trinajstić information content (AvgIpc) is 2.52. The van der Waals surface area contributed by atoms with Crippen molar-refractivity contribution >= 4 is 5.82 Å². The molecule has 4 nitrogen and oxygen atoms in total. The lowest BCUT2D eigenvalue weighted by atomic mass is 10.1. The van der Waals surface area contributed by atoms with Gasteiger partial charge in [0.05, 0.1) is 0 Å². The molecule has 2 N–H and O–H groups in total. The van der Waals surface area contributed by atoms with Crippen LogP contribution in [-0.2, 0) is 0 Å². The van der Waals surface area contributed by atoms with Crippen LogP contribution in [0.2, 0.25) is 0 Å². The molecule has 0 unspecified atom stereocenters. The molecule has 0 spiro atoms. The summed E-state index contributed by atoms with van der Waals surface area (Å²) in [6, 6.07) is 10.5. The van der Waals surface area contributed by atoms with Gasteiger partial charge in [-0.2, -0.15) is 0 Å². The normalized spacial score (nSPS) is 16.2. The molecule has 0 aliphatic carbocycles. The van der Waals surface area contributed by atoms with Crippen molar-refractivity contribution in [1.29, 1.82) is 0 Å². The fourth-order valence-electron chi connectivity index (χ4n) is 2.75. The van der Waals surface area contributed by atoms with Crippen LogP contribution in [0.1, 0.15) is 24.1 Å². The van der Waals surface area contributed by atoms with E-state index in [2.05, 4.69) is 35.9 Å². The minimum absolute atomic E-state index is 0.332. The first-order valence-electron chi connectivity index (χ1n) is 7.56. The van der Waals surface area contributed by atoms with Crippen molar-refractivity contribution in [2.24, 2.45) is 5.73 Å². The summed E-state index contributed by atoms with van der Waals surface area (Å²) in [5, 5.41) is 0. The fraction of sp³-hybridized carbons (Fsp3) is 0.412. The third kappa shape index (κ3) is 2.90. The van der Waals surface area contributed by atoms with Crippen LogP contribution in [0.4, 0.5) is 5.82 Å². The number of anilines is 1. The summed E-state index contributed by atoms with van der Waals surface area (Å²) in [7, 11) is 0. The Bertz CT molecular complexity index is 616. The molecule has 1 aromatic heterocycles. The molecule has 110 valence electrons. The maximum Gasteiger partial charge on any atom is 0.161 e. The van der Waals surface area contributed by atoms with Gasteiger partial charge in [-0.15, -0.1) is 0 Å². The molecule has 2 aromatic rings. The smallest absolute Gasteiger partial charge is 0.161 e. The first kappa shape index (κ1) is 14.0. The van der Waals surface area contributed by atoms with E-state index in [-0.39, 0.29) is 0 Å². The fourth-order valence-corrected chi connectivity index (χ4v) is 2.75. The number of hydrogen-bond donors (Lipinski definition) is 1. The molecule has 4 heteroatoms. The Morgan fingerprint density at radius 2 is 1.71 bits per heavy atom. The van der Waals surface area contributed by atoms with E-state index < -0.39 is 0 Å². The maximum absolute atomic E-state index is 6.00. The Kier molecular flexibility index (Phi) is 3.88. The monoisotopic (exact) mass is 282 g/mol. The SMILES string of the molecule is Cc1nc(-c2ccccc2)nc(N2CCC(N)CC2)c1C. The Balaban J connectivity index is 1.98. The largest absolute Gasteiger partial charge is 0.356 e. The Morgan fingerprint density at radius 1 is 1.05 bits per heavy atom. The second-order valence-electron chi connectivity index (χ2n) is 5.77. The van der Waals surface area contributed by atoms with Crippen molar-refractivity contribution in [3.05, 3.63) is 41.6 Å². The van der Waals surface area contributed by atoms with Gasteiger partial charge in [0.2, 0.25) is 0 Å². The third-order valence-corrected chi connectivity index (χ3v) is 4.23. The van der Waals surface area contributed by atoms with Crippen molar-refractivity contribution in [2.45, 2.75) is 32.7 Å². The van der Waals surface area contributed by atoms with Crippen molar-refractivity contribution in [1.82, 2.24) is 9.97 Å². The van der Waals surface area contributed by atoms with Gasteiger partial charge in [-0.3, -0.25) is 0 Å². The van der Waals surface area contributed by atoms with Crippen LogP contribution < -0.4 is 10.6 Å². The molecule has 1 saturated heterocycles. The number of hydrogen-bond acceptors (Lipinski definition) is 4. The van der Waals surface area contributed by atoms with E-state index in [1.807, 2.05) is 18.2 Å². The van der Waals surface area contributed by atoms with Gasteiger partial charge in [-0.1, -0.05) is 30.3 Å². The van der Waals surface area contributed by atoms with Crippen LogP contribution in [0.25, 0.3) is 11.4 Å². The van der Waals surface area contributed by atoms with E-state index in [9.17, 15) is 0 Å². The summed E-state index contributed by atoms with van der Waals surface area (Å²) in [5.74, 6) is 1.87. The van der Waals surface area contributed by atoms with Gasteiger partial charge >= 0.3 is 0 Å². The lowest BCUT2D eigenvalue weighted by Crippen LogP contribution is -2.40. The number of nitrogens with zero attached hydrogens (tertiary/aromatic N) is 3. The number of aryl methyl sites for hydroxylation is 1. The number of benzene rings is 1. The van der Waals surface area contributed by atoms with E-state index in [1.54, 1.807) is 0 Å². The van der Waals surface area contributed by atoms with Gasteiger partial charge in [0.15, 0.2) is 5.82 Å². The maximum atomic E-state index is 6.00. The molecule has 0 saturated carbocycles. The minimum atomic E-state index is 0.332.